The van der Waals surface area contributed by atoms with Crippen LogP contribution in [0.15, 0.2) is 36.4 Å². The van der Waals surface area contributed by atoms with Crippen molar-refractivity contribution < 1.29 is 9.18 Å². The minimum absolute atomic E-state index is 0.122. The fourth-order valence-corrected chi connectivity index (χ4v) is 7.31. The molecule has 1 unspecified atom stereocenters. The molecule has 1 saturated carbocycles. The van der Waals surface area contributed by atoms with Crippen molar-refractivity contribution in [2.45, 2.75) is 32.1 Å². The van der Waals surface area contributed by atoms with Gasteiger partial charge in [0.2, 0.25) is 5.91 Å². The lowest BCUT2D eigenvalue weighted by atomic mass is 10.1. The Morgan fingerprint density at radius 3 is 2.49 bits per heavy atom. The van der Waals surface area contributed by atoms with Gasteiger partial charge in [-0.2, -0.15) is 10.4 Å². The predicted molar refractivity (Wildman–Crippen MR) is 167 cm³/mol. The number of rotatable bonds is 6. The van der Waals surface area contributed by atoms with Gasteiger partial charge in [-0.25, -0.2) is 13.9 Å². The van der Waals surface area contributed by atoms with E-state index in [0.717, 1.165) is 86.8 Å². The number of nitrogens with zero attached hydrogens (tertiary/aromatic N) is 8. The first kappa shape index (κ1) is 27.8. The number of carbonyl (C=O) groups is 1. The van der Waals surface area contributed by atoms with Crippen molar-refractivity contribution >= 4 is 39.3 Å². The highest BCUT2D eigenvalue weighted by molar-refractivity contribution is 7.16. The number of anilines is 3. The van der Waals surface area contributed by atoms with E-state index in [9.17, 15) is 14.4 Å². The summed E-state index contributed by atoms with van der Waals surface area (Å²) in [4.78, 5) is 27.2. The second-order valence-electron chi connectivity index (χ2n) is 12.1. The Morgan fingerprint density at radius 1 is 1.09 bits per heavy atom. The summed E-state index contributed by atoms with van der Waals surface area (Å²) in [5, 5.41) is 15.7. The normalized spacial score (nSPS) is 19.3. The highest BCUT2D eigenvalue weighted by Gasteiger charge is 2.35. The molecule has 5 heterocycles. The summed E-state index contributed by atoms with van der Waals surface area (Å²) >= 11 is 1.34. The van der Waals surface area contributed by atoms with E-state index in [2.05, 4.69) is 46.9 Å². The average molecular weight is 599 g/mol. The molecule has 3 aliphatic rings. The Morgan fingerprint density at radius 2 is 1.84 bits per heavy atom. The molecule has 1 atom stereocenters. The minimum atomic E-state index is -0.323. The van der Waals surface area contributed by atoms with E-state index < -0.39 is 0 Å². The number of thiazole rings is 1. The van der Waals surface area contributed by atoms with E-state index in [4.69, 9.17) is 10.1 Å². The van der Waals surface area contributed by atoms with Crippen LogP contribution >= 0.6 is 11.3 Å². The summed E-state index contributed by atoms with van der Waals surface area (Å²) in [6.07, 6.45) is 3.16. The number of hydrogen-bond donors (Lipinski definition) is 0. The van der Waals surface area contributed by atoms with Gasteiger partial charge in [0.1, 0.15) is 22.5 Å². The molecule has 43 heavy (non-hydrogen) atoms. The first-order valence-corrected chi connectivity index (χ1v) is 15.8. The van der Waals surface area contributed by atoms with Gasteiger partial charge >= 0.3 is 0 Å². The van der Waals surface area contributed by atoms with E-state index in [0.29, 0.717) is 33.1 Å². The maximum atomic E-state index is 13.6. The van der Waals surface area contributed by atoms with Gasteiger partial charge in [0.05, 0.1) is 22.8 Å². The third kappa shape index (κ3) is 5.12. The number of benzene rings is 1. The number of hydrogen-bond acceptors (Lipinski definition) is 8. The third-order valence-corrected chi connectivity index (χ3v) is 10.1. The molecule has 3 aromatic heterocycles. The Labute approximate surface area is 254 Å². The largest absolute Gasteiger partial charge is 0.368 e. The topological polar surface area (TPSA) is 84.0 Å². The molecule has 9 nitrogen and oxygen atoms in total. The van der Waals surface area contributed by atoms with Crippen molar-refractivity contribution in [3.63, 3.8) is 0 Å². The van der Waals surface area contributed by atoms with Crippen molar-refractivity contribution in [3.8, 4) is 17.3 Å². The zero-order valence-corrected chi connectivity index (χ0v) is 25.6. The molecule has 3 fully saturated rings. The highest BCUT2D eigenvalue weighted by atomic mass is 32.1. The molecule has 0 spiro atoms. The Bertz CT molecular complexity index is 1730. The minimum Gasteiger partial charge on any atom is -0.368 e. The Kier molecular flexibility index (Phi) is 7.06. The zero-order chi connectivity index (χ0) is 29.8. The van der Waals surface area contributed by atoms with Gasteiger partial charge in [0, 0.05) is 62.6 Å². The lowest BCUT2D eigenvalue weighted by Crippen LogP contribution is -2.50. The van der Waals surface area contributed by atoms with Crippen LogP contribution in [0, 0.1) is 30.0 Å². The van der Waals surface area contributed by atoms with Gasteiger partial charge in [0.25, 0.3) is 0 Å². The second-order valence-corrected chi connectivity index (χ2v) is 13.0. The number of pyridine rings is 1. The van der Waals surface area contributed by atoms with Crippen molar-refractivity contribution in [2.24, 2.45) is 5.92 Å². The second kappa shape index (κ2) is 10.9. The lowest BCUT2D eigenvalue weighted by molar-refractivity contribution is -0.135. The molecule has 11 heteroatoms. The number of carbonyl (C=O) groups excluding carboxylic acids is 1. The number of nitriles is 1. The van der Waals surface area contributed by atoms with Crippen LogP contribution in [0.5, 0.6) is 0 Å². The zero-order valence-electron chi connectivity index (χ0n) is 24.8. The van der Waals surface area contributed by atoms with Gasteiger partial charge in [0.15, 0.2) is 5.13 Å². The number of piperazine rings is 1. The number of amides is 1. The summed E-state index contributed by atoms with van der Waals surface area (Å²) in [7, 11) is 4.08. The Balaban J connectivity index is 1.20. The van der Waals surface area contributed by atoms with Gasteiger partial charge in [-0.15, -0.1) is 0 Å². The first-order valence-electron chi connectivity index (χ1n) is 15.0. The number of likely N-dealkylation sites (tertiary alicyclic amines) is 1. The first-order chi connectivity index (χ1) is 20.8. The fraction of sp³-hybridized carbons (Fsp3) is 0.438. The maximum Gasteiger partial charge on any atom is 0.227 e. The summed E-state index contributed by atoms with van der Waals surface area (Å²) < 4.78 is 15.6. The standard InChI is InChI=1S/C32H35FN8OS/c1-20-16-25(39-12-14-40(15-13-39)31(42)23-10-11-37(2)19-23)17-26-30(29(22-4-5-22)36-41(20)26)38(3)32-35-28(27(18-34)43-32)21-6-8-24(33)9-7-21/h6-9,16-17,22-23H,4-5,10-15,19H2,1-3H3. The molecule has 1 aliphatic carbocycles. The smallest absolute Gasteiger partial charge is 0.227 e. The summed E-state index contributed by atoms with van der Waals surface area (Å²) in [6.45, 7) is 6.97. The molecule has 1 amide bonds. The molecule has 2 aliphatic heterocycles. The monoisotopic (exact) mass is 598 g/mol. The third-order valence-electron chi connectivity index (χ3n) is 9.02. The number of fused-ring (bicyclic) bond motifs is 1. The van der Waals surface area contributed by atoms with E-state index in [1.54, 1.807) is 12.1 Å². The molecular formula is C32H35FN8OS. The SMILES string of the molecule is Cc1cc(N2CCN(C(=O)C3CCN(C)C3)CC2)cc2c(N(C)c3nc(-c4ccc(F)cc4)c(C#N)s3)c(C3CC3)nn12. The van der Waals surface area contributed by atoms with Crippen LogP contribution in [-0.2, 0) is 4.79 Å². The number of halogens is 1. The Hall–Kier alpha value is -4.01. The van der Waals surface area contributed by atoms with Crippen LogP contribution in [0.2, 0.25) is 0 Å². The fourth-order valence-electron chi connectivity index (χ4n) is 6.46. The van der Waals surface area contributed by atoms with Crippen LogP contribution in [0.4, 0.5) is 20.9 Å². The molecule has 4 aromatic rings. The molecule has 0 radical (unpaired) electrons. The van der Waals surface area contributed by atoms with E-state index in [1.165, 1.54) is 23.5 Å². The summed E-state index contributed by atoms with van der Waals surface area (Å²) in [5.74, 6) is 0.494. The van der Waals surface area contributed by atoms with Crippen molar-refractivity contribution in [3.05, 3.63) is 58.5 Å². The van der Waals surface area contributed by atoms with E-state index >= 15 is 0 Å². The molecule has 0 N–H and O–H groups in total. The predicted octanol–water partition coefficient (Wildman–Crippen LogP) is 5.02. The van der Waals surface area contributed by atoms with E-state index in [-0.39, 0.29) is 11.7 Å². The van der Waals surface area contributed by atoms with Gasteiger partial charge in [-0.3, -0.25) is 4.79 Å². The molecule has 2 saturated heterocycles. The quantitative estimate of drug-likeness (QED) is 0.308. The van der Waals surface area contributed by atoms with Crippen molar-refractivity contribution in [1.29, 1.82) is 5.26 Å². The van der Waals surface area contributed by atoms with Crippen LogP contribution in [0.25, 0.3) is 16.8 Å². The van der Waals surface area contributed by atoms with Gasteiger partial charge in [-0.1, -0.05) is 11.3 Å². The summed E-state index contributed by atoms with van der Waals surface area (Å²) in [5.41, 5.74) is 6.51. The van der Waals surface area contributed by atoms with Gasteiger partial charge in [-0.05, 0) is 76.2 Å². The summed E-state index contributed by atoms with van der Waals surface area (Å²) in [6, 6.07) is 12.8. The van der Waals surface area contributed by atoms with Crippen LogP contribution < -0.4 is 9.80 Å². The highest BCUT2D eigenvalue weighted by Crippen LogP contribution is 2.48. The van der Waals surface area contributed by atoms with Crippen LogP contribution in [0.3, 0.4) is 0 Å². The lowest BCUT2D eigenvalue weighted by Gasteiger charge is -2.37. The van der Waals surface area contributed by atoms with Crippen LogP contribution in [-0.4, -0.2) is 83.7 Å². The molecule has 7 rings (SSSR count). The molecule has 0 bridgehead atoms. The van der Waals surface area contributed by atoms with Crippen molar-refractivity contribution in [1.82, 2.24) is 24.4 Å². The van der Waals surface area contributed by atoms with Crippen molar-refractivity contribution in [2.75, 3.05) is 63.2 Å². The van der Waals surface area contributed by atoms with Crippen LogP contribution in [0.1, 0.15) is 41.4 Å². The number of aromatic nitrogens is 3. The maximum absolute atomic E-state index is 13.6. The number of aryl methyl sites for hydroxylation is 1. The molecule has 1 aromatic carbocycles. The van der Waals surface area contributed by atoms with Gasteiger partial charge < -0.3 is 19.6 Å². The molecular weight excluding hydrogens is 563 g/mol. The molecule has 222 valence electrons. The average Bonchev–Trinajstić information content (AvgIpc) is 3.43. The van der Waals surface area contributed by atoms with E-state index in [1.807, 2.05) is 16.5 Å².